The minimum absolute atomic E-state index is 0.0185. The number of ketones is 1. The number of alkyl halides is 2. The average Bonchev–Trinajstić information content (AvgIpc) is 3.17. The number of rotatable bonds is 11. The molecule has 0 unspecified atom stereocenters. The number of hydrogen-bond acceptors (Lipinski definition) is 5. The summed E-state index contributed by atoms with van der Waals surface area (Å²) in [6.45, 7) is -2.50. The van der Waals surface area contributed by atoms with Crippen LogP contribution in [-0.4, -0.2) is 61.0 Å². The number of carbonyl (C=O) groups excluding carboxylic acids is 3. The summed E-state index contributed by atoms with van der Waals surface area (Å²) in [7, 11) is 0. The van der Waals surface area contributed by atoms with Crippen LogP contribution < -0.4 is 5.32 Å². The Kier molecular flexibility index (Phi) is 8.59. The van der Waals surface area contributed by atoms with Crippen LogP contribution in [0, 0.1) is 0 Å². The highest BCUT2D eigenvalue weighted by Gasteiger charge is 2.31. The Morgan fingerprint density at radius 3 is 2.18 bits per heavy atom. The van der Waals surface area contributed by atoms with Gasteiger partial charge in [-0.05, 0) is 28.7 Å². The van der Waals surface area contributed by atoms with Gasteiger partial charge in [-0.2, -0.15) is 4.79 Å². The van der Waals surface area contributed by atoms with Crippen LogP contribution in [-0.2, 0) is 19.1 Å². The third-order valence-corrected chi connectivity index (χ3v) is 5.43. The summed E-state index contributed by atoms with van der Waals surface area (Å²) in [6, 6.07) is 14.1. The fraction of sp³-hybridized carbons (Fsp3) is 0.333. The minimum Gasteiger partial charge on any atom is -0.455 e. The van der Waals surface area contributed by atoms with Gasteiger partial charge in [0.2, 0.25) is 5.78 Å². The van der Waals surface area contributed by atoms with E-state index in [-0.39, 0.29) is 25.4 Å². The summed E-state index contributed by atoms with van der Waals surface area (Å²) < 4.78 is 35.6. The van der Waals surface area contributed by atoms with E-state index in [9.17, 15) is 23.2 Å². The number of halogens is 2. The van der Waals surface area contributed by atoms with E-state index in [0.29, 0.717) is 6.21 Å². The first-order valence-electron chi connectivity index (χ1n) is 10.6. The van der Waals surface area contributed by atoms with Gasteiger partial charge in [0.05, 0.1) is 0 Å². The van der Waals surface area contributed by atoms with Crippen LogP contribution in [0.25, 0.3) is 16.7 Å². The maximum atomic E-state index is 12.8. The first-order chi connectivity index (χ1) is 16.5. The second-order valence-corrected chi connectivity index (χ2v) is 7.64. The van der Waals surface area contributed by atoms with E-state index in [2.05, 4.69) is 10.1 Å². The predicted octanol–water partition coefficient (Wildman–Crippen LogP) is 3.39. The van der Waals surface area contributed by atoms with Gasteiger partial charge in [-0.25, -0.2) is 18.4 Å². The zero-order valence-corrected chi connectivity index (χ0v) is 18.2. The van der Waals surface area contributed by atoms with Crippen LogP contribution in [0.4, 0.5) is 13.6 Å². The van der Waals surface area contributed by atoms with Crippen LogP contribution in [0.1, 0.15) is 29.9 Å². The lowest BCUT2D eigenvalue weighted by molar-refractivity contribution is -0.153. The van der Waals surface area contributed by atoms with E-state index in [0.717, 1.165) is 22.3 Å². The first-order valence-corrected chi connectivity index (χ1v) is 10.6. The molecule has 0 radical (unpaired) electrons. The molecule has 0 heterocycles. The van der Waals surface area contributed by atoms with Crippen LogP contribution >= 0.6 is 0 Å². The Morgan fingerprint density at radius 2 is 1.62 bits per heavy atom. The number of carbonyl (C=O) groups is 3. The standard InChI is InChI=1S/C24H23F2N3O5/c25-11-16(12-26)34-23(31)22(10-9-15(30)13-28-27)29-24(32)33-14-21-19-7-3-1-5-17(19)18-6-2-4-8-20(18)21/h1-8,13,16,21-22H,9-12,14H2,(H,29,32)/t22-/m0/s1. The van der Waals surface area contributed by atoms with Gasteiger partial charge >= 0.3 is 18.3 Å². The van der Waals surface area contributed by atoms with E-state index in [4.69, 9.17) is 15.0 Å². The maximum Gasteiger partial charge on any atom is 0.407 e. The second-order valence-electron chi connectivity index (χ2n) is 7.64. The third kappa shape index (κ3) is 5.90. The van der Waals surface area contributed by atoms with Gasteiger partial charge < -0.3 is 20.3 Å². The van der Waals surface area contributed by atoms with Crippen molar-refractivity contribution in [2.45, 2.75) is 30.9 Å². The number of nitrogens with zero attached hydrogens (tertiary/aromatic N) is 2. The monoisotopic (exact) mass is 471 g/mol. The number of Topliss-reactive ketones (excluding diaryl/α,β-unsaturated/α-hetero) is 1. The molecule has 0 spiro atoms. The van der Waals surface area contributed by atoms with Crippen LogP contribution in [0.5, 0.6) is 0 Å². The molecule has 0 saturated heterocycles. The van der Waals surface area contributed by atoms with Gasteiger partial charge in [-0.15, -0.1) is 0 Å². The number of esters is 1. The molecule has 178 valence electrons. The van der Waals surface area contributed by atoms with Crippen molar-refractivity contribution in [1.82, 2.24) is 5.32 Å². The molecule has 0 saturated carbocycles. The van der Waals surface area contributed by atoms with Crippen molar-refractivity contribution < 1.29 is 37.4 Å². The molecule has 1 aliphatic rings. The van der Waals surface area contributed by atoms with Gasteiger partial charge in [-0.3, -0.25) is 4.79 Å². The number of amides is 1. The summed E-state index contributed by atoms with van der Waals surface area (Å²) >= 11 is 0. The highest BCUT2D eigenvalue weighted by Crippen LogP contribution is 2.44. The number of nitrogens with one attached hydrogen (secondary N) is 1. The van der Waals surface area contributed by atoms with Crippen LogP contribution in [0.15, 0.2) is 48.5 Å². The van der Waals surface area contributed by atoms with Crippen molar-refractivity contribution in [2.75, 3.05) is 20.0 Å². The number of ether oxygens (including phenoxy) is 2. The molecule has 8 nitrogen and oxygen atoms in total. The van der Waals surface area contributed by atoms with Gasteiger partial charge in [0, 0.05) is 12.3 Å². The number of benzene rings is 2. The fourth-order valence-corrected chi connectivity index (χ4v) is 3.80. The largest absolute Gasteiger partial charge is 0.455 e. The van der Waals surface area contributed by atoms with Crippen LogP contribution in [0.2, 0.25) is 0 Å². The molecule has 2 aromatic rings. The molecule has 1 aliphatic carbocycles. The number of hydrogen-bond donors (Lipinski definition) is 1. The average molecular weight is 471 g/mol. The van der Waals surface area contributed by atoms with Crippen molar-refractivity contribution in [3.8, 4) is 11.1 Å². The fourth-order valence-electron chi connectivity index (χ4n) is 3.80. The normalized spacial score (nSPS) is 12.8. The molecule has 34 heavy (non-hydrogen) atoms. The molecule has 3 rings (SSSR count). The molecule has 0 aromatic heterocycles. The maximum absolute atomic E-state index is 12.8. The molecular formula is C24H23F2N3O5. The molecule has 1 N–H and O–H groups in total. The van der Waals surface area contributed by atoms with E-state index in [1.807, 2.05) is 48.5 Å². The lowest BCUT2D eigenvalue weighted by atomic mass is 9.98. The highest BCUT2D eigenvalue weighted by atomic mass is 19.1. The Bertz CT molecular complexity index is 1050. The lowest BCUT2D eigenvalue weighted by Gasteiger charge is -2.20. The summed E-state index contributed by atoms with van der Waals surface area (Å²) in [6.07, 6.45) is -2.47. The van der Waals surface area contributed by atoms with Crippen molar-refractivity contribution in [1.29, 1.82) is 0 Å². The molecule has 2 aromatic carbocycles. The highest BCUT2D eigenvalue weighted by molar-refractivity contribution is 6.25. The number of fused-ring (bicyclic) bond motifs is 3. The zero-order valence-electron chi connectivity index (χ0n) is 18.2. The first kappa shape index (κ1) is 24.7. The van der Waals surface area contributed by atoms with Crippen molar-refractivity contribution in [2.24, 2.45) is 0 Å². The number of alkyl carbamates (subject to hydrolysis) is 1. The van der Waals surface area contributed by atoms with Gasteiger partial charge in [-0.1, -0.05) is 48.5 Å². The second kappa shape index (κ2) is 11.8. The Morgan fingerprint density at radius 1 is 1.03 bits per heavy atom. The topological polar surface area (TPSA) is 118 Å². The molecule has 1 amide bonds. The predicted molar refractivity (Wildman–Crippen MR) is 118 cm³/mol. The van der Waals surface area contributed by atoms with Gasteiger partial charge in [0.15, 0.2) is 6.10 Å². The molecule has 1 atom stereocenters. The summed E-state index contributed by atoms with van der Waals surface area (Å²) in [5.74, 6) is -1.95. The summed E-state index contributed by atoms with van der Waals surface area (Å²) in [5, 5.41) is 2.30. The Hall–Kier alpha value is -3.91. The Balaban J connectivity index is 1.67. The van der Waals surface area contributed by atoms with Gasteiger partial charge in [0.25, 0.3) is 0 Å². The van der Waals surface area contributed by atoms with Crippen LogP contribution in [0.3, 0.4) is 0 Å². The zero-order chi connectivity index (χ0) is 24.5. The summed E-state index contributed by atoms with van der Waals surface area (Å²) in [4.78, 5) is 39.0. The smallest absolute Gasteiger partial charge is 0.407 e. The quantitative estimate of drug-likeness (QED) is 0.233. The van der Waals surface area contributed by atoms with E-state index in [1.165, 1.54) is 0 Å². The van der Waals surface area contributed by atoms with E-state index < -0.39 is 43.3 Å². The Labute approximate surface area is 194 Å². The molecule has 10 heteroatoms. The van der Waals surface area contributed by atoms with Crippen molar-refractivity contribution >= 4 is 24.1 Å². The summed E-state index contributed by atoms with van der Waals surface area (Å²) in [5.41, 5.74) is 12.5. The van der Waals surface area contributed by atoms with E-state index in [1.54, 1.807) is 0 Å². The van der Waals surface area contributed by atoms with E-state index >= 15 is 0 Å². The van der Waals surface area contributed by atoms with Crippen molar-refractivity contribution in [3.63, 3.8) is 0 Å². The van der Waals surface area contributed by atoms with Crippen molar-refractivity contribution in [3.05, 3.63) is 65.2 Å². The lowest BCUT2D eigenvalue weighted by Crippen LogP contribution is -2.44. The molecule has 0 bridgehead atoms. The minimum atomic E-state index is -1.62. The SMILES string of the molecule is [N-]=[N+]=CC(=O)CC[C@H](NC(=O)OCC1c2ccccc2-c2ccccc21)C(=O)OC(CF)CF. The molecule has 0 fully saturated rings. The molecule has 0 aliphatic heterocycles. The molecular weight excluding hydrogens is 448 g/mol. The van der Waals surface area contributed by atoms with Gasteiger partial charge in [0.1, 0.15) is 26.0 Å². The third-order valence-electron chi connectivity index (χ3n) is 5.43.